The molecule has 6 nitrogen and oxygen atoms in total. The molecule has 1 N–H and O–H groups in total. The fourth-order valence-corrected chi connectivity index (χ4v) is 3.86. The van der Waals surface area contributed by atoms with Gasteiger partial charge in [0.1, 0.15) is 12.1 Å². The second-order valence-corrected chi connectivity index (χ2v) is 7.17. The largest absolute Gasteiger partial charge is 0.480 e. The highest BCUT2D eigenvalue weighted by Crippen LogP contribution is 2.29. The first-order chi connectivity index (χ1) is 11.9. The molecule has 25 heavy (non-hydrogen) atoms. The van der Waals surface area contributed by atoms with Gasteiger partial charge in [0.05, 0.1) is 16.6 Å². The minimum atomic E-state index is -1.04. The Bertz CT molecular complexity index is 725. The number of hydrogen-bond donors (Lipinski definition) is 1. The third kappa shape index (κ3) is 3.60. The summed E-state index contributed by atoms with van der Waals surface area (Å²) in [6.07, 6.45) is 2.13. The first-order valence-electron chi connectivity index (χ1n) is 8.15. The molecular weight excluding hydrogens is 367 g/mol. The molecule has 0 unspecified atom stereocenters. The predicted molar refractivity (Wildman–Crippen MR) is 92.7 cm³/mol. The van der Waals surface area contributed by atoms with Crippen molar-refractivity contribution in [2.24, 2.45) is 0 Å². The summed E-state index contributed by atoms with van der Waals surface area (Å²) in [7, 11) is 0. The zero-order valence-electron chi connectivity index (χ0n) is 13.5. The lowest BCUT2D eigenvalue weighted by Gasteiger charge is -2.38. The van der Waals surface area contributed by atoms with E-state index in [0.29, 0.717) is 42.3 Å². The third-order valence-electron chi connectivity index (χ3n) is 4.76. The second kappa shape index (κ2) is 7.22. The molecule has 0 spiro atoms. The van der Waals surface area contributed by atoms with Crippen molar-refractivity contribution in [3.8, 4) is 0 Å². The van der Waals surface area contributed by atoms with Crippen LogP contribution in [0.25, 0.3) is 0 Å². The van der Waals surface area contributed by atoms with E-state index in [9.17, 15) is 19.5 Å². The van der Waals surface area contributed by atoms with E-state index in [1.165, 1.54) is 9.80 Å². The number of aliphatic carboxylic acids is 1. The SMILES string of the molecule is O=C(O)[C@@H]1CC[C@H]2C(=O)N(CCCc3ccc(Cl)c(Cl)c3)CC(=O)N12. The Balaban J connectivity index is 1.59. The van der Waals surface area contributed by atoms with Crippen molar-refractivity contribution in [2.75, 3.05) is 13.1 Å². The number of benzene rings is 1. The number of rotatable bonds is 5. The molecule has 2 saturated heterocycles. The van der Waals surface area contributed by atoms with Crippen LogP contribution >= 0.6 is 23.2 Å². The zero-order valence-corrected chi connectivity index (χ0v) is 15.0. The first-order valence-corrected chi connectivity index (χ1v) is 8.90. The number of aryl methyl sites for hydroxylation is 1. The molecular formula is C17H18Cl2N2O4. The van der Waals surface area contributed by atoms with Gasteiger partial charge in [-0.15, -0.1) is 0 Å². The molecule has 2 heterocycles. The summed E-state index contributed by atoms with van der Waals surface area (Å²) in [5.41, 5.74) is 1.01. The Morgan fingerprint density at radius 2 is 1.96 bits per heavy atom. The van der Waals surface area contributed by atoms with Gasteiger partial charge in [-0.1, -0.05) is 29.3 Å². The van der Waals surface area contributed by atoms with Crippen molar-refractivity contribution in [2.45, 2.75) is 37.8 Å². The predicted octanol–water partition coefficient (Wildman–Crippen LogP) is 2.21. The van der Waals surface area contributed by atoms with Crippen LogP contribution in [-0.4, -0.2) is 57.9 Å². The summed E-state index contributed by atoms with van der Waals surface area (Å²) < 4.78 is 0. The van der Waals surface area contributed by atoms with Crippen molar-refractivity contribution in [3.63, 3.8) is 0 Å². The smallest absolute Gasteiger partial charge is 0.326 e. The molecule has 1 aromatic rings. The Kier molecular flexibility index (Phi) is 5.20. The summed E-state index contributed by atoms with van der Waals surface area (Å²) >= 11 is 11.9. The van der Waals surface area contributed by atoms with E-state index in [1.807, 2.05) is 6.07 Å². The van der Waals surface area contributed by atoms with Crippen LogP contribution in [-0.2, 0) is 20.8 Å². The van der Waals surface area contributed by atoms with Gasteiger partial charge < -0.3 is 14.9 Å². The van der Waals surface area contributed by atoms with Crippen molar-refractivity contribution < 1.29 is 19.5 Å². The molecule has 2 aliphatic heterocycles. The fraction of sp³-hybridized carbons (Fsp3) is 0.471. The maximum absolute atomic E-state index is 12.6. The molecule has 0 saturated carbocycles. The molecule has 2 aliphatic rings. The maximum Gasteiger partial charge on any atom is 0.326 e. The Labute approximate surface area is 155 Å². The second-order valence-electron chi connectivity index (χ2n) is 6.36. The lowest BCUT2D eigenvalue weighted by Crippen LogP contribution is -2.60. The highest BCUT2D eigenvalue weighted by atomic mass is 35.5. The van der Waals surface area contributed by atoms with Gasteiger partial charge in [0, 0.05) is 6.54 Å². The average Bonchev–Trinajstić information content (AvgIpc) is 3.01. The van der Waals surface area contributed by atoms with E-state index in [0.717, 1.165) is 5.56 Å². The van der Waals surface area contributed by atoms with Crippen molar-refractivity contribution >= 4 is 41.0 Å². The average molecular weight is 385 g/mol. The Hall–Kier alpha value is -1.79. The first kappa shape index (κ1) is 18.0. The number of nitrogens with zero attached hydrogens (tertiary/aromatic N) is 2. The number of halogens is 2. The van der Waals surface area contributed by atoms with Gasteiger partial charge in [0.2, 0.25) is 11.8 Å². The van der Waals surface area contributed by atoms with Gasteiger partial charge >= 0.3 is 5.97 Å². The van der Waals surface area contributed by atoms with E-state index in [1.54, 1.807) is 12.1 Å². The van der Waals surface area contributed by atoms with Gasteiger partial charge in [-0.05, 0) is 43.4 Å². The Morgan fingerprint density at radius 3 is 2.64 bits per heavy atom. The molecule has 0 aromatic heterocycles. The van der Waals surface area contributed by atoms with E-state index in [-0.39, 0.29) is 18.4 Å². The molecule has 2 atom stereocenters. The number of carbonyl (C=O) groups excluding carboxylic acids is 2. The standard InChI is InChI=1S/C17H18Cl2N2O4/c18-11-4-3-10(8-12(11)19)2-1-7-20-9-15(22)21-13(16(20)23)5-6-14(21)17(24)25/h3-4,8,13-14H,1-2,5-7,9H2,(H,24,25)/t13-,14-/m0/s1. The molecule has 8 heteroatoms. The van der Waals surface area contributed by atoms with Gasteiger partial charge in [-0.3, -0.25) is 9.59 Å². The zero-order chi connectivity index (χ0) is 18.1. The highest BCUT2D eigenvalue weighted by molar-refractivity contribution is 6.42. The minimum absolute atomic E-state index is 0.0551. The molecule has 2 amide bonds. The van der Waals surface area contributed by atoms with Gasteiger partial charge in [-0.25, -0.2) is 4.79 Å². The summed E-state index contributed by atoms with van der Waals surface area (Å²) in [6.45, 7) is 0.396. The molecule has 0 aliphatic carbocycles. The minimum Gasteiger partial charge on any atom is -0.480 e. The molecule has 0 bridgehead atoms. The van der Waals surface area contributed by atoms with Crippen LogP contribution in [0.2, 0.25) is 10.0 Å². The summed E-state index contributed by atoms with van der Waals surface area (Å²) in [5, 5.41) is 10.2. The van der Waals surface area contributed by atoms with E-state index in [4.69, 9.17) is 23.2 Å². The number of amides is 2. The summed E-state index contributed by atoms with van der Waals surface area (Å²) in [4.78, 5) is 38.9. The van der Waals surface area contributed by atoms with Crippen LogP contribution in [0.3, 0.4) is 0 Å². The number of hydrogen-bond acceptors (Lipinski definition) is 3. The maximum atomic E-state index is 12.6. The Morgan fingerprint density at radius 1 is 1.20 bits per heavy atom. The van der Waals surface area contributed by atoms with Gasteiger partial charge in [-0.2, -0.15) is 0 Å². The normalized spacial score (nSPS) is 23.1. The van der Waals surface area contributed by atoms with E-state index in [2.05, 4.69) is 0 Å². The molecule has 0 radical (unpaired) electrons. The number of piperazine rings is 1. The van der Waals surface area contributed by atoms with Crippen molar-refractivity contribution in [3.05, 3.63) is 33.8 Å². The molecule has 3 rings (SSSR count). The lowest BCUT2D eigenvalue weighted by molar-refractivity contribution is -0.160. The molecule has 2 fully saturated rings. The van der Waals surface area contributed by atoms with Crippen molar-refractivity contribution in [1.82, 2.24) is 9.80 Å². The van der Waals surface area contributed by atoms with Crippen LogP contribution in [0.1, 0.15) is 24.8 Å². The molecule has 134 valence electrons. The lowest BCUT2D eigenvalue weighted by atomic mass is 10.1. The van der Waals surface area contributed by atoms with Crippen LogP contribution in [0.4, 0.5) is 0 Å². The highest BCUT2D eigenvalue weighted by Gasteiger charge is 2.48. The van der Waals surface area contributed by atoms with E-state index < -0.39 is 18.1 Å². The van der Waals surface area contributed by atoms with Crippen LogP contribution in [0.5, 0.6) is 0 Å². The van der Waals surface area contributed by atoms with E-state index >= 15 is 0 Å². The number of carbonyl (C=O) groups is 3. The van der Waals surface area contributed by atoms with Crippen LogP contribution in [0.15, 0.2) is 18.2 Å². The fourth-order valence-electron chi connectivity index (χ4n) is 3.54. The number of fused-ring (bicyclic) bond motifs is 1. The van der Waals surface area contributed by atoms with Crippen LogP contribution < -0.4 is 0 Å². The summed E-state index contributed by atoms with van der Waals surface area (Å²) in [6, 6.07) is 3.90. The van der Waals surface area contributed by atoms with Gasteiger partial charge in [0.25, 0.3) is 0 Å². The summed E-state index contributed by atoms with van der Waals surface area (Å²) in [5.74, 6) is -1.49. The van der Waals surface area contributed by atoms with Crippen LogP contribution in [0, 0.1) is 0 Å². The monoisotopic (exact) mass is 384 g/mol. The number of carboxylic acid groups (broad SMARTS) is 1. The quantitative estimate of drug-likeness (QED) is 0.843. The van der Waals surface area contributed by atoms with Crippen molar-refractivity contribution in [1.29, 1.82) is 0 Å². The van der Waals surface area contributed by atoms with Gasteiger partial charge in [0.15, 0.2) is 0 Å². The third-order valence-corrected chi connectivity index (χ3v) is 5.50. The number of carboxylic acids is 1. The molecule has 1 aromatic carbocycles. The topological polar surface area (TPSA) is 77.9 Å².